The van der Waals surface area contributed by atoms with Crippen LogP contribution in [-0.2, 0) is 6.42 Å². The van der Waals surface area contributed by atoms with E-state index in [1.165, 1.54) is 19.1 Å². The van der Waals surface area contributed by atoms with Crippen LogP contribution >= 0.6 is 0 Å². The fourth-order valence-electron chi connectivity index (χ4n) is 2.99. The summed E-state index contributed by atoms with van der Waals surface area (Å²) in [6.07, 6.45) is 2.63. The van der Waals surface area contributed by atoms with E-state index in [0.717, 1.165) is 16.5 Å². The van der Waals surface area contributed by atoms with Crippen molar-refractivity contribution in [2.45, 2.75) is 13.3 Å². The molecule has 0 radical (unpaired) electrons. The molecule has 3 N–H and O–H groups in total. The van der Waals surface area contributed by atoms with Crippen molar-refractivity contribution >= 4 is 28.2 Å². The number of carbonyl (C=O) groups is 1. The number of fused-ring (bicyclic) bond motifs is 1. The van der Waals surface area contributed by atoms with E-state index in [1.54, 1.807) is 0 Å². The highest BCUT2D eigenvalue weighted by Gasteiger charge is 2.21. The number of carboxylic acid groups (broad SMARTS) is 1. The van der Waals surface area contributed by atoms with Crippen LogP contribution in [0.1, 0.15) is 21.5 Å². The van der Waals surface area contributed by atoms with E-state index in [1.807, 2.05) is 30.5 Å². The van der Waals surface area contributed by atoms with Crippen LogP contribution in [0.2, 0.25) is 0 Å². The SMILES string of the molecule is Cc1c([N+](=O)[O-])ccc(NCCc2c[nH]c3ccccc23)c1C(=O)O. The average molecular weight is 339 g/mol. The summed E-state index contributed by atoms with van der Waals surface area (Å²) in [6.45, 7) is 1.96. The number of nitro groups is 1. The first-order valence-electron chi connectivity index (χ1n) is 7.79. The molecule has 0 spiro atoms. The number of nitrogens with zero attached hydrogens (tertiary/aromatic N) is 1. The van der Waals surface area contributed by atoms with Gasteiger partial charge in [0.2, 0.25) is 0 Å². The third-order valence-electron chi connectivity index (χ3n) is 4.23. The van der Waals surface area contributed by atoms with E-state index in [2.05, 4.69) is 10.3 Å². The summed E-state index contributed by atoms with van der Waals surface area (Å²) < 4.78 is 0. The van der Waals surface area contributed by atoms with Gasteiger partial charge in [-0.1, -0.05) is 18.2 Å². The third kappa shape index (κ3) is 3.16. The minimum Gasteiger partial charge on any atom is -0.478 e. The van der Waals surface area contributed by atoms with Crippen LogP contribution in [0, 0.1) is 17.0 Å². The number of anilines is 1. The van der Waals surface area contributed by atoms with Crippen molar-refractivity contribution in [3.05, 3.63) is 69.4 Å². The van der Waals surface area contributed by atoms with Crippen molar-refractivity contribution in [2.75, 3.05) is 11.9 Å². The number of rotatable bonds is 6. The number of aromatic nitrogens is 1. The average Bonchev–Trinajstić information content (AvgIpc) is 2.97. The zero-order chi connectivity index (χ0) is 18.0. The van der Waals surface area contributed by atoms with Gasteiger partial charge in [0.25, 0.3) is 5.69 Å². The second kappa shape index (κ2) is 6.64. The zero-order valence-corrected chi connectivity index (χ0v) is 13.6. The number of aromatic carboxylic acids is 1. The molecule has 128 valence electrons. The fraction of sp³-hybridized carbons (Fsp3) is 0.167. The maximum Gasteiger partial charge on any atom is 0.338 e. The summed E-state index contributed by atoms with van der Waals surface area (Å²) in [6, 6.07) is 10.7. The Morgan fingerprint density at radius 3 is 2.76 bits per heavy atom. The van der Waals surface area contributed by atoms with E-state index in [4.69, 9.17) is 0 Å². The van der Waals surface area contributed by atoms with Gasteiger partial charge in [-0.2, -0.15) is 0 Å². The Hall–Kier alpha value is -3.35. The van der Waals surface area contributed by atoms with Crippen LogP contribution in [-0.4, -0.2) is 27.5 Å². The maximum absolute atomic E-state index is 11.5. The molecule has 0 aliphatic carbocycles. The van der Waals surface area contributed by atoms with Gasteiger partial charge in [0.05, 0.1) is 10.5 Å². The molecule has 0 aliphatic rings. The molecule has 1 heterocycles. The number of para-hydroxylation sites is 1. The summed E-state index contributed by atoms with van der Waals surface area (Å²) in [5.74, 6) is -1.18. The Balaban J connectivity index is 1.80. The molecular formula is C18H17N3O4. The highest BCUT2D eigenvalue weighted by atomic mass is 16.6. The molecule has 0 bridgehead atoms. The first-order valence-corrected chi connectivity index (χ1v) is 7.79. The number of benzene rings is 2. The number of hydrogen-bond acceptors (Lipinski definition) is 4. The quantitative estimate of drug-likeness (QED) is 0.468. The van der Waals surface area contributed by atoms with Gasteiger partial charge in [-0.05, 0) is 31.0 Å². The number of carboxylic acids is 1. The number of nitro benzene ring substituents is 1. The molecular weight excluding hydrogens is 322 g/mol. The van der Waals surface area contributed by atoms with Gasteiger partial charge in [-0.25, -0.2) is 4.79 Å². The van der Waals surface area contributed by atoms with Crippen molar-refractivity contribution in [2.24, 2.45) is 0 Å². The topological polar surface area (TPSA) is 108 Å². The molecule has 25 heavy (non-hydrogen) atoms. The summed E-state index contributed by atoms with van der Waals surface area (Å²) in [5, 5.41) is 24.6. The molecule has 0 amide bonds. The highest BCUT2D eigenvalue weighted by molar-refractivity contribution is 5.97. The van der Waals surface area contributed by atoms with Gasteiger partial charge in [0.15, 0.2) is 0 Å². The standard InChI is InChI=1S/C18H17N3O4/c1-11-16(21(24)25)7-6-15(17(11)18(22)23)19-9-8-12-10-20-14-5-3-2-4-13(12)14/h2-7,10,19-20H,8-9H2,1H3,(H,22,23). The number of H-pyrrole nitrogens is 1. The third-order valence-corrected chi connectivity index (χ3v) is 4.23. The van der Waals surface area contributed by atoms with E-state index in [0.29, 0.717) is 18.7 Å². The van der Waals surface area contributed by atoms with Crippen LogP contribution in [0.5, 0.6) is 0 Å². The van der Waals surface area contributed by atoms with Crippen molar-refractivity contribution < 1.29 is 14.8 Å². The van der Waals surface area contributed by atoms with Crippen LogP contribution in [0.25, 0.3) is 10.9 Å². The van der Waals surface area contributed by atoms with Crippen LogP contribution < -0.4 is 5.32 Å². The lowest BCUT2D eigenvalue weighted by atomic mass is 10.0. The molecule has 0 atom stereocenters. The maximum atomic E-state index is 11.5. The van der Waals surface area contributed by atoms with Crippen molar-refractivity contribution in [1.82, 2.24) is 4.98 Å². The first kappa shape index (κ1) is 16.5. The number of hydrogen-bond donors (Lipinski definition) is 3. The van der Waals surface area contributed by atoms with Gasteiger partial charge < -0.3 is 15.4 Å². The molecule has 1 aromatic heterocycles. The molecule has 0 aliphatic heterocycles. The summed E-state index contributed by atoms with van der Waals surface area (Å²) in [4.78, 5) is 25.1. The molecule has 7 nitrogen and oxygen atoms in total. The molecule has 2 aromatic carbocycles. The lowest BCUT2D eigenvalue weighted by Crippen LogP contribution is -2.12. The minimum atomic E-state index is -1.18. The van der Waals surface area contributed by atoms with Gasteiger partial charge in [-0.15, -0.1) is 0 Å². The monoisotopic (exact) mass is 339 g/mol. The van der Waals surface area contributed by atoms with Crippen molar-refractivity contribution in [3.63, 3.8) is 0 Å². The first-order chi connectivity index (χ1) is 12.0. The van der Waals surface area contributed by atoms with E-state index in [9.17, 15) is 20.0 Å². The summed E-state index contributed by atoms with van der Waals surface area (Å²) in [5.41, 5.74) is 2.45. The van der Waals surface area contributed by atoms with Crippen LogP contribution in [0.3, 0.4) is 0 Å². The Labute approximate surface area is 143 Å². The fourth-order valence-corrected chi connectivity index (χ4v) is 2.99. The van der Waals surface area contributed by atoms with Gasteiger partial charge in [0.1, 0.15) is 0 Å². The van der Waals surface area contributed by atoms with E-state index >= 15 is 0 Å². The van der Waals surface area contributed by atoms with Crippen molar-refractivity contribution in [3.8, 4) is 0 Å². The number of aromatic amines is 1. The highest BCUT2D eigenvalue weighted by Crippen LogP contribution is 2.28. The van der Waals surface area contributed by atoms with Crippen LogP contribution in [0.4, 0.5) is 11.4 Å². The Kier molecular flexibility index (Phi) is 4.38. The molecule has 0 saturated heterocycles. The predicted octanol–water partition coefficient (Wildman–Crippen LogP) is 3.74. The van der Waals surface area contributed by atoms with Gasteiger partial charge >= 0.3 is 5.97 Å². The Morgan fingerprint density at radius 2 is 2.04 bits per heavy atom. The predicted molar refractivity (Wildman–Crippen MR) is 95.3 cm³/mol. The van der Waals surface area contributed by atoms with E-state index < -0.39 is 10.9 Å². The normalized spacial score (nSPS) is 10.8. The molecule has 0 saturated carbocycles. The summed E-state index contributed by atoms with van der Waals surface area (Å²) in [7, 11) is 0. The Bertz CT molecular complexity index is 962. The lowest BCUT2D eigenvalue weighted by molar-refractivity contribution is -0.385. The smallest absolute Gasteiger partial charge is 0.338 e. The lowest BCUT2D eigenvalue weighted by Gasteiger charge is -2.12. The molecule has 3 rings (SSSR count). The largest absolute Gasteiger partial charge is 0.478 e. The second-order valence-corrected chi connectivity index (χ2v) is 5.73. The molecule has 3 aromatic rings. The second-order valence-electron chi connectivity index (χ2n) is 5.73. The molecule has 0 fully saturated rings. The Morgan fingerprint density at radius 1 is 1.28 bits per heavy atom. The van der Waals surface area contributed by atoms with Crippen LogP contribution in [0.15, 0.2) is 42.6 Å². The number of nitrogens with one attached hydrogen (secondary N) is 2. The van der Waals surface area contributed by atoms with E-state index in [-0.39, 0.29) is 16.8 Å². The molecule has 7 heteroatoms. The minimum absolute atomic E-state index is 0.0619. The summed E-state index contributed by atoms with van der Waals surface area (Å²) >= 11 is 0. The van der Waals surface area contributed by atoms with Gasteiger partial charge in [0, 0.05) is 41.0 Å². The molecule has 0 unspecified atom stereocenters. The van der Waals surface area contributed by atoms with Crippen molar-refractivity contribution in [1.29, 1.82) is 0 Å². The zero-order valence-electron chi connectivity index (χ0n) is 13.6. The van der Waals surface area contributed by atoms with Gasteiger partial charge in [-0.3, -0.25) is 10.1 Å².